The average Bonchev–Trinajstić information content (AvgIpc) is 2.60. The summed E-state index contributed by atoms with van der Waals surface area (Å²) < 4.78 is 0. The molecular formula is C12H17Cl2N3O. The van der Waals surface area contributed by atoms with Gasteiger partial charge < -0.3 is 15.6 Å². The summed E-state index contributed by atoms with van der Waals surface area (Å²) in [5, 5.41) is 7.02. The highest BCUT2D eigenvalue weighted by Crippen LogP contribution is 2.29. The van der Waals surface area contributed by atoms with E-state index in [0.717, 1.165) is 19.5 Å². The fourth-order valence-electron chi connectivity index (χ4n) is 2.20. The summed E-state index contributed by atoms with van der Waals surface area (Å²) in [6.07, 6.45) is 0.929. The van der Waals surface area contributed by atoms with Crippen LogP contribution in [0.2, 0.25) is 10.0 Å². The molecule has 1 saturated heterocycles. The zero-order valence-corrected chi connectivity index (χ0v) is 12.0. The first kappa shape index (κ1) is 13.7. The lowest BCUT2D eigenvalue weighted by Crippen LogP contribution is -2.48. The van der Waals surface area contributed by atoms with Crippen molar-refractivity contribution in [2.24, 2.45) is 5.92 Å². The second kappa shape index (κ2) is 5.51. The Morgan fingerprint density at radius 1 is 1.39 bits per heavy atom. The van der Waals surface area contributed by atoms with E-state index in [-0.39, 0.29) is 11.9 Å². The Balaban J connectivity index is 2.09. The first-order chi connectivity index (χ1) is 8.50. The van der Waals surface area contributed by atoms with Gasteiger partial charge >= 0.3 is 0 Å². The van der Waals surface area contributed by atoms with Crippen LogP contribution in [0, 0.1) is 12.8 Å². The minimum Gasteiger partial charge on any atom is -0.352 e. The summed E-state index contributed by atoms with van der Waals surface area (Å²) in [5.74, 6) is 0.224. The van der Waals surface area contributed by atoms with Gasteiger partial charge in [0.25, 0.3) is 5.91 Å². The van der Waals surface area contributed by atoms with E-state index < -0.39 is 0 Å². The lowest BCUT2D eigenvalue weighted by Gasteiger charge is -2.30. The Kier molecular flexibility index (Phi) is 4.20. The highest BCUT2D eigenvalue weighted by molar-refractivity contribution is 6.44. The molecule has 2 heterocycles. The van der Waals surface area contributed by atoms with Gasteiger partial charge in [0.05, 0.1) is 10.0 Å². The third-order valence-electron chi connectivity index (χ3n) is 3.38. The highest BCUT2D eigenvalue weighted by atomic mass is 35.5. The number of aromatic nitrogens is 1. The van der Waals surface area contributed by atoms with Crippen molar-refractivity contribution in [3.63, 3.8) is 0 Å². The van der Waals surface area contributed by atoms with Gasteiger partial charge in [-0.2, -0.15) is 0 Å². The van der Waals surface area contributed by atoms with Crippen molar-refractivity contribution in [1.29, 1.82) is 0 Å². The van der Waals surface area contributed by atoms with Crippen LogP contribution in [0.25, 0.3) is 0 Å². The molecule has 1 aromatic rings. The molecule has 0 saturated carbocycles. The van der Waals surface area contributed by atoms with Crippen LogP contribution in [0.1, 0.15) is 29.5 Å². The van der Waals surface area contributed by atoms with Crippen LogP contribution in [0.15, 0.2) is 0 Å². The Bertz CT molecular complexity index is 458. The molecule has 0 aromatic carbocycles. The summed E-state index contributed by atoms with van der Waals surface area (Å²) in [7, 11) is 0. The number of aryl methyl sites for hydroxylation is 1. The standard InChI is InChI=1S/C12H17Cl2N3O/c1-6-5-15-4-3-8(6)17-12(18)11-10(14)9(13)7(2)16-11/h6,8,15-16H,3-5H2,1-2H3,(H,17,18)/t6-,8+/m0/s1. The molecule has 18 heavy (non-hydrogen) atoms. The first-order valence-corrected chi connectivity index (χ1v) is 6.81. The number of aromatic amines is 1. The van der Waals surface area contributed by atoms with Crippen LogP contribution in [0.5, 0.6) is 0 Å². The third kappa shape index (κ3) is 2.66. The summed E-state index contributed by atoms with van der Waals surface area (Å²) in [6, 6.07) is 0.178. The summed E-state index contributed by atoms with van der Waals surface area (Å²) in [5.41, 5.74) is 1.06. The second-order valence-corrected chi connectivity index (χ2v) is 5.56. The molecule has 0 spiro atoms. The summed E-state index contributed by atoms with van der Waals surface area (Å²) in [6.45, 7) is 5.75. The van der Waals surface area contributed by atoms with E-state index in [1.807, 2.05) is 0 Å². The van der Waals surface area contributed by atoms with E-state index in [1.54, 1.807) is 6.92 Å². The molecule has 4 nitrogen and oxygen atoms in total. The second-order valence-electron chi connectivity index (χ2n) is 4.80. The number of nitrogens with one attached hydrogen (secondary N) is 3. The van der Waals surface area contributed by atoms with Gasteiger partial charge in [-0.15, -0.1) is 0 Å². The zero-order chi connectivity index (χ0) is 13.3. The van der Waals surface area contributed by atoms with E-state index in [4.69, 9.17) is 23.2 Å². The molecule has 2 rings (SSSR count). The normalized spacial score (nSPS) is 24.0. The van der Waals surface area contributed by atoms with Crippen LogP contribution in [0.3, 0.4) is 0 Å². The van der Waals surface area contributed by atoms with Crippen LogP contribution in [0.4, 0.5) is 0 Å². The molecule has 0 aliphatic carbocycles. The van der Waals surface area contributed by atoms with Crippen LogP contribution < -0.4 is 10.6 Å². The van der Waals surface area contributed by atoms with Crippen molar-refractivity contribution >= 4 is 29.1 Å². The van der Waals surface area contributed by atoms with E-state index in [2.05, 4.69) is 22.5 Å². The summed E-state index contributed by atoms with van der Waals surface area (Å²) in [4.78, 5) is 15.1. The van der Waals surface area contributed by atoms with Crippen LogP contribution in [-0.4, -0.2) is 30.0 Å². The van der Waals surface area contributed by atoms with E-state index >= 15 is 0 Å². The number of carbonyl (C=O) groups is 1. The molecule has 1 fully saturated rings. The van der Waals surface area contributed by atoms with Gasteiger partial charge in [-0.3, -0.25) is 4.79 Å². The SMILES string of the molecule is Cc1[nH]c(C(=O)N[C@@H]2CCNC[C@@H]2C)c(Cl)c1Cl. The van der Waals surface area contributed by atoms with Crippen LogP contribution in [-0.2, 0) is 0 Å². The van der Waals surface area contributed by atoms with E-state index in [0.29, 0.717) is 27.4 Å². The summed E-state index contributed by atoms with van der Waals surface area (Å²) >= 11 is 12.0. The average molecular weight is 290 g/mol. The van der Waals surface area contributed by atoms with Crippen molar-refractivity contribution < 1.29 is 4.79 Å². The lowest BCUT2D eigenvalue weighted by molar-refractivity contribution is 0.0910. The molecule has 3 N–H and O–H groups in total. The lowest BCUT2D eigenvalue weighted by atomic mass is 9.95. The molecule has 0 radical (unpaired) electrons. The Hall–Kier alpha value is -0.710. The molecule has 0 unspecified atom stereocenters. The fourth-order valence-corrected chi connectivity index (χ4v) is 2.61. The number of halogens is 2. The van der Waals surface area contributed by atoms with Gasteiger partial charge in [0, 0.05) is 11.7 Å². The number of hydrogen-bond acceptors (Lipinski definition) is 2. The van der Waals surface area contributed by atoms with Crippen molar-refractivity contribution in [2.75, 3.05) is 13.1 Å². The minimum absolute atomic E-state index is 0.178. The van der Waals surface area contributed by atoms with E-state index in [9.17, 15) is 4.79 Å². The maximum atomic E-state index is 12.1. The maximum absolute atomic E-state index is 12.1. The van der Waals surface area contributed by atoms with Crippen molar-refractivity contribution in [3.05, 3.63) is 21.4 Å². The number of carbonyl (C=O) groups excluding carboxylic acids is 1. The van der Waals surface area contributed by atoms with Gasteiger partial charge in [-0.1, -0.05) is 30.1 Å². The van der Waals surface area contributed by atoms with Gasteiger partial charge in [-0.05, 0) is 32.4 Å². The minimum atomic E-state index is -0.186. The monoisotopic (exact) mass is 289 g/mol. The number of rotatable bonds is 2. The smallest absolute Gasteiger partial charge is 0.269 e. The van der Waals surface area contributed by atoms with Crippen LogP contribution >= 0.6 is 23.2 Å². The predicted molar refractivity (Wildman–Crippen MR) is 73.5 cm³/mol. The fraction of sp³-hybridized carbons (Fsp3) is 0.583. The van der Waals surface area contributed by atoms with Crippen molar-refractivity contribution in [2.45, 2.75) is 26.3 Å². The first-order valence-electron chi connectivity index (χ1n) is 6.06. The molecule has 100 valence electrons. The molecular weight excluding hydrogens is 273 g/mol. The number of H-pyrrole nitrogens is 1. The molecule has 1 aromatic heterocycles. The largest absolute Gasteiger partial charge is 0.352 e. The molecule has 6 heteroatoms. The van der Waals surface area contributed by atoms with Crippen molar-refractivity contribution in [1.82, 2.24) is 15.6 Å². The van der Waals surface area contributed by atoms with Crippen molar-refractivity contribution in [3.8, 4) is 0 Å². The zero-order valence-electron chi connectivity index (χ0n) is 10.4. The Morgan fingerprint density at radius 3 is 2.67 bits per heavy atom. The van der Waals surface area contributed by atoms with E-state index in [1.165, 1.54) is 0 Å². The molecule has 1 amide bonds. The third-order valence-corrected chi connectivity index (χ3v) is 4.33. The molecule has 0 bridgehead atoms. The molecule has 2 atom stereocenters. The van der Waals surface area contributed by atoms with Gasteiger partial charge in [0.1, 0.15) is 5.69 Å². The molecule has 1 aliphatic rings. The maximum Gasteiger partial charge on any atom is 0.269 e. The topological polar surface area (TPSA) is 56.9 Å². The Labute approximate surface area is 116 Å². The highest BCUT2D eigenvalue weighted by Gasteiger charge is 2.25. The molecule has 1 aliphatic heterocycles. The quantitative estimate of drug-likeness (QED) is 0.783. The van der Waals surface area contributed by atoms with Gasteiger partial charge in [-0.25, -0.2) is 0 Å². The number of piperidine rings is 1. The predicted octanol–water partition coefficient (Wildman–Crippen LogP) is 2.36. The van der Waals surface area contributed by atoms with Gasteiger partial charge in [0.15, 0.2) is 0 Å². The number of hydrogen-bond donors (Lipinski definition) is 3. The number of amides is 1. The van der Waals surface area contributed by atoms with Gasteiger partial charge in [0.2, 0.25) is 0 Å². The Morgan fingerprint density at radius 2 is 2.11 bits per heavy atom.